The van der Waals surface area contributed by atoms with E-state index in [1.165, 1.54) is 6.07 Å². The van der Waals surface area contributed by atoms with E-state index in [9.17, 15) is 18.0 Å². The molecule has 0 saturated carbocycles. The number of rotatable bonds is 2. The van der Waals surface area contributed by atoms with Crippen LogP contribution >= 0.6 is 15.9 Å². The number of nitrogens with one attached hydrogen (secondary N) is 1. The molecule has 104 valence electrons. The number of aromatic nitrogens is 1. The fourth-order valence-corrected chi connectivity index (χ4v) is 1.76. The van der Waals surface area contributed by atoms with Crippen LogP contribution in [0.4, 0.5) is 19.0 Å². The number of amides is 1. The van der Waals surface area contributed by atoms with E-state index >= 15 is 0 Å². The van der Waals surface area contributed by atoms with Crippen molar-refractivity contribution in [2.75, 3.05) is 5.32 Å². The molecule has 0 bridgehead atoms. The molecule has 0 atom stereocenters. The number of halogens is 4. The van der Waals surface area contributed by atoms with Crippen LogP contribution in [-0.4, -0.2) is 16.0 Å². The van der Waals surface area contributed by atoms with Crippen LogP contribution in [0.25, 0.3) is 0 Å². The van der Waals surface area contributed by atoms with Gasteiger partial charge in [-0.2, -0.15) is 4.39 Å². The molecule has 0 fully saturated rings. The summed E-state index contributed by atoms with van der Waals surface area (Å²) in [5.74, 6) is -7.36. The maximum absolute atomic E-state index is 13.5. The first-order chi connectivity index (χ1) is 9.40. The van der Waals surface area contributed by atoms with Crippen molar-refractivity contribution in [1.29, 1.82) is 0 Å². The van der Waals surface area contributed by atoms with Gasteiger partial charge in [-0.15, -0.1) is 0 Å². The van der Waals surface area contributed by atoms with Gasteiger partial charge in [0.2, 0.25) is 5.82 Å². The second kappa shape index (κ2) is 5.49. The minimum absolute atomic E-state index is 0.0768. The number of carbonyl (C=O) groups is 1. The van der Waals surface area contributed by atoms with Gasteiger partial charge < -0.3 is 10.4 Å². The van der Waals surface area contributed by atoms with Crippen molar-refractivity contribution in [3.05, 3.63) is 51.9 Å². The zero-order chi connectivity index (χ0) is 14.9. The van der Waals surface area contributed by atoms with Crippen molar-refractivity contribution in [1.82, 2.24) is 4.98 Å². The van der Waals surface area contributed by atoms with Crippen molar-refractivity contribution in [3.8, 4) is 5.75 Å². The molecule has 4 nitrogen and oxygen atoms in total. The van der Waals surface area contributed by atoms with E-state index in [0.717, 1.165) is 0 Å². The zero-order valence-corrected chi connectivity index (χ0v) is 11.2. The molecule has 0 saturated heterocycles. The minimum Gasteiger partial charge on any atom is -0.503 e. The summed E-state index contributed by atoms with van der Waals surface area (Å²) in [6, 6.07) is 4.93. The van der Waals surface area contributed by atoms with Crippen LogP contribution in [-0.2, 0) is 0 Å². The fraction of sp³-hybridized carbons (Fsp3) is 0. The third kappa shape index (κ3) is 2.74. The Bertz CT molecular complexity index is 695. The summed E-state index contributed by atoms with van der Waals surface area (Å²) in [6.07, 6.45) is 0. The Kier molecular flexibility index (Phi) is 3.93. The maximum Gasteiger partial charge on any atom is 0.260 e. The van der Waals surface area contributed by atoms with Crippen molar-refractivity contribution in [3.63, 3.8) is 0 Å². The highest BCUT2D eigenvalue weighted by Crippen LogP contribution is 2.26. The molecule has 2 aromatic rings. The van der Waals surface area contributed by atoms with E-state index in [-0.39, 0.29) is 5.82 Å². The zero-order valence-electron chi connectivity index (χ0n) is 9.62. The largest absolute Gasteiger partial charge is 0.503 e. The Morgan fingerprint density at radius 2 is 1.95 bits per heavy atom. The van der Waals surface area contributed by atoms with Gasteiger partial charge in [-0.3, -0.25) is 4.79 Å². The number of benzene rings is 1. The topological polar surface area (TPSA) is 62.2 Å². The van der Waals surface area contributed by atoms with Gasteiger partial charge in [-0.25, -0.2) is 13.8 Å². The van der Waals surface area contributed by atoms with Gasteiger partial charge in [0.05, 0.1) is 5.56 Å². The summed E-state index contributed by atoms with van der Waals surface area (Å²) >= 11 is 3.07. The lowest BCUT2D eigenvalue weighted by Crippen LogP contribution is -2.15. The minimum atomic E-state index is -1.75. The lowest BCUT2D eigenvalue weighted by atomic mass is 10.1. The second-order valence-corrected chi connectivity index (χ2v) is 4.49. The number of nitrogens with zero attached hydrogens (tertiary/aromatic N) is 1. The third-order valence-electron chi connectivity index (χ3n) is 2.33. The van der Waals surface area contributed by atoms with Crippen molar-refractivity contribution < 1.29 is 23.1 Å². The summed E-state index contributed by atoms with van der Waals surface area (Å²) in [5, 5.41) is 11.2. The average Bonchev–Trinajstić information content (AvgIpc) is 2.40. The molecule has 0 aliphatic carbocycles. The molecule has 1 heterocycles. The molecule has 0 aliphatic rings. The van der Waals surface area contributed by atoms with Gasteiger partial charge >= 0.3 is 0 Å². The van der Waals surface area contributed by atoms with E-state index in [0.29, 0.717) is 10.7 Å². The van der Waals surface area contributed by atoms with E-state index in [1.807, 2.05) is 0 Å². The Balaban J connectivity index is 2.35. The Hall–Kier alpha value is -2.09. The van der Waals surface area contributed by atoms with Crippen LogP contribution in [0.15, 0.2) is 28.9 Å². The molecule has 2 rings (SSSR count). The number of aromatic hydroxyl groups is 1. The van der Waals surface area contributed by atoms with Crippen LogP contribution in [0.1, 0.15) is 10.4 Å². The summed E-state index contributed by atoms with van der Waals surface area (Å²) in [6.45, 7) is 0. The number of phenols is 1. The quantitative estimate of drug-likeness (QED) is 0.648. The summed E-state index contributed by atoms with van der Waals surface area (Å²) in [7, 11) is 0. The Labute approximate surface area is 119 Å². The van der Waals surface area contributed by atoms with Crippen molar-refractivity contribution >= 4 is 27.7 Å². The van der Waals surface area contributed by atoms with Crippen LogP contribution in [0.5, 0.6) is 5.75 Å². The second-order valence-electron chi connectivity index (χ2n) is 3.68. The van der Waals surface area contributed by atoms with Gasteiger partial charge in [-0.05, 0) is 34.1 Å². The van der Waals surface area contributed by atoms with Crippen molar-refractivity contribution in [2.24, 2.45) is 0 Å². The number of anilines is 1. The van der Waals surface area contributed by atoms with E-state index in [2.05, 4.69) is 26.2 Å². The standard InChI is InChI=1S/C12H6BrF3N2O2/c13-7-2-1-3-8(17-7)18-12(20)5-4-6(14)10(16)11(19)9(5)15/h1-4,19H,(H,17,18,20). The van der Waals surface area contributed by atoms with Crippen LogP contribution in [0.3, 0.4) is 0 Å². The molecular weight excluding hydrogens is 341 g/mol. The number of hydrogen-bond acceptors (Lipinski definition) is 3. The van der Waals surface area contributed by atoms with Gasteiger partial charge in [0.15, 0.2) is 17.4 Å². The molecule has 1 amide bonds. The van der Waals surface area contributed by atoms with Gasteiger partial charge in [0.25, 0.3) is 5.91 Å². The lowest BCUT2D eigenvalue weighted by Gasteiger charge is -2.07. The first-order valence-electron chi connectivity index (χ1n) is 5.20. The fourth-order valence-electron chi connectivity index (χ4n) is 1.42. The molecule has 2 N–H and O–H groups in total. The predicted molar refractivity (Wildman–Crippen MR) is 67.9 cm³/mol. The molecular formula is C12H6BrF3N2O2. The average molecular weight is 347 g/mol. The highest BCUT2D eigenvalue weighted by Gasteiger charge is 2.22. The van der Waals surface area contributed by atoms with Gasteiger partial charge in [0.1, 0.15) is 10.4 Å². The smallest absolute Gasteiger partial charge is 0.260 e. The van der Waals surface area contributed by atoms with E-state index in [4.69, 9.17) is 5.11 Å². The van der Waals surface area contributed by atoms with Crippen LogP contribution in [0.2, 0.25) is 0 Å². The highest BCUT2D eigenvalue weighted by molar-refractivity contribution is 9.10. The van der Waals surface area contributed by atoms with E-state index < -0.39 is 34.7 Å². The third-order valence-corrected chi connectivity index (χ3v) is 2.78. The lowest BCUT2D eigenvalue weighted by molar-refractivity contribution is 0.102. The summed E-state index contributed by atoms with van der Waals surface area (Å²) < 4.78 is 39.9. The number of phenolic OH excluding ortho intramolecular Hbond substituents is 1. The predicted octanol–water partition coefficient (Wildman–Crippen LogP) is 3.22. The van der Waals surface area contributed by atoms with Gasteiger partial charge in [0, 0.05) is 0 Å². The number of pyridine rings is 1. The number of carbonyl (C=O) groups excluding carboxylic acids is 1. The van der Waals surface area contributed by atoms with Crippen molar-refractivity contribution in [2.45, 2.75) is 0 Å². The Morgan fingerprint density at radius 1 is 1.25 bits per heavy atom. The summed E-state index contributed by atoms with van der Waals surface area (Å²) in [4.78, 5) is 15.6. The molecule has 0 aliphatic heterocycles. The Morgan fingerprint density at radius 3 is 2.60 bits per heavy atom. The molecule has 0 unspecified atom stereocenters. The number of hydrogen-bond donors (Lipinski definition) is 2. The van der Waals surface area contributed by atoms with Crippen LogP contribution < -0.4 is 5.32 Å². The van der Waals surface area contributed by atoms with E-state index in [1.54, 1.807) is 12.1 Å². The molecule has 1 aromatic heterocycles. The molecule has 20 heavy (non-hydrogen) atoms. The van der Waals surface area contributed by atoms with Gasteiger partial charge in [-0.1, -0.05) is 6.07 Å². The first-order valence-corrected chi connectivity index (χ1v) is 6.00. The normalized spacial score (nSPS) is 10.4. The maximum atomic E-state index is 13.5. The monoisotopic (exact) mass is 346 g/mol. The SMILES string of the molecule is O=C(Nc1cccc(Br)n1)c1cc(F)c(F)c(O)c1F. The molecule has 0 spiro atoms. The summed E-state index contributed by atoms with van der Waals surface area (Å²) in [5.41, 5.74) is -0.830. The van der Waals surface area contributed by atoms with Crippen LogP contribution in [0, 0.1) is 17.5 Å². The highest BCUT2D eigenvalue weighted by atomic mass is 79.9. The molecule has 0 radical (unpaired) electrons. The molecule has 8 heteroatoms. The first kappa shape index (κ1) is 14.3. The molecule has 1 aromatic carbocycles.